The third-order valence-electron chi connectivity index (χ3n) is 1.95. The Labute approximate surface area is 97.2 Å². The molecule has 0 fully saturated rings. The molecule has 5 nitrogen and oxygen atoms in total. The lowest BCUT2D eigenvalue weighted by Crippen LogP contribution is -2.35. The van der Waals surface area contributed by atoms with Gasteiger partial charge in [-0.05, 0) is 30.7 Å². The summed E-state index contributed by atoms with van der Waals surface area (Å²) in [5.74, 6) is -2.20. The van der Waals surface area contributed by atoms with Crippen LogP contribution in [0.3, 0.4) is 0 Å². The van der Waals surface area contributed by atoms with E-state index in [-0.39, 0.29) is 6.54 Å². The fourth-order valence-electron chi connectivity index (χ4n) is 1.11. The van der Waals surface area contributed by atoms with Crippen LogP contribution >= 0.6 is 0 Å². The van der Waals surface area contributed by atoms with E-state index in [1.165, 1.54) is 18.2 Å². The Morgan fingerprint density at radius 2 is 2.12 bits per heavy atom. The van der Waals surface area contributed by atoms with Crippen molar-refractivity contribution in [3.8, 4) is 6.07 Å². The van der Waals surface area contributed by atoms with Gasteiger partial charge in [0.15, 0.2) is 0 Å². The molecule has 0 unspecified atom stereocenters. The van der Waals surface area contributed by atoms with E-state index in [0.717, 1.165) is 0 Å². The highest BCUT2D eigenvalue weighted by Crippen LogP contribution is 2.13. The van der Waals surface area contributed by atoms with E-state index in [1.54, 1.807) is 13.0 Å². The van der Waals surface area contributed by atoms with Crippen molar-refractivity contribution in [1.29, 1.82) is 5.26 Å². The van der Waals surface area contributed by atoms with Crippen LogP contribution in [0.1, 0.15) is 5.56 Å². The molecule has 17 heavy (non-hydrogen) atoms. The van der Waals surface area contributed by atoms with Crippen molar-refractivity contribution in [2.75, 3.05) is 11.9 Å². The van der Waals surface area contributed by atoms with E-state index in [2.05, 4.69) is 10.6 Å². The maximum absolute atomic E-state index is 12.9. The fraction of sp³-hybridized carbons (Fsp3) is 0.182. The van der Waals surface area contributed by atoms with Gasteiger partial charge in [0.05, 0.1) is 6.07 Å². The minimum Gasteiger partial charge on any atom is -0.335 e. The number of carbonyl (C=O) groups excluding carboxylic acids is 2. The van der Waals surface area contributed by atoms with Gasteiger partial charge >= 0.3 is 11.8 Å². The van der Waals surface area contributed by atoms with Crippen LogP contribution in [0.25, 0.3) is 0 Å². The van der Waals surface area contributed by atoms with Gasteiger partial charge in [0.1, 0.15) is 12.4 Å². The Morgan fingerprint density at radius 1 is 1.41 bits per heavy atom. The molecule has 0 atom stereocenters. The van der Waals surface area contributed by atoms with Gasteiger partial charge in [-0.2, -0.15) is 5.26 Å². The van der Waals surface area contributed by atoms with E-state index in [9.17, 15) is 14.0 Å². The number of hydrogen-bond donors (Lipinski definition) is 2. The fourth-order valence-corrected chi connectivity index (χ4v) is 1.11. The van der Waals surface area contributed by atoms with Crippen molar-refractivity contribution in [3.63, 3.8) is 0 Å². The quantitative estimate of drug-likeness (QED) is 0.585. The maximum atomic E-state index is 12.9. The number of nitrogens with one attached hydrogen (secondary N) is 2. The highest BCUT2D eigenvalue weighted by atomic mass is 19.1. The summed E-state index contributed by atoms with van der Waals surface area (Å²) < 4.78 is 12.9. The van der Waals surface area contributed by atoms with Crippen molar-refractivity contribution >= 4 is 17.5 Å². The second-order valence-electron chi connectivity index (χ2n) is 3.26. The van der Waals surface area contributed by atoms with Crippen LogP contribution in [0, 0.1) is 24.1 Å². The molecule has 0 radical (unpaired) electrons. The molecular weight excluding hydrogens is 225 g/mol. The second-order valence-corrected chi connectivity index (χ2v) is 3.26. The molecule has 0 aliphatic rings. The summed E-state index contributed by atoms with van der Waals surface area (Å²) in [6.45, 7) is 1.30. The standard InChI is InChI=1S/C11H10FN3O2/c1-7-6-8(2-3-9(7)12)15-11(17)10(16)14-5-4-13/h2-3,6H,5H2,1H3,(H,14,16)(H,15,17). The van der Waals surface area contributed by atoms with E-state index >= 15 is 0 Å². The molecule has 0 aromatic heterocycles. The molecule has 0 aliphatic carbocycles. The molecule has 88 valence electrons. The van der Waals surface area contributed by atoms with Crippen LogP contribution in [0.2, 0.25) is 0 Å². The number of amides is 2. The largest absolute Gasteiger partial charge is 0.335 e. The van der Waals surface area contributed by atoms with E-state index in [1.807, 2.05) is 0 Å². The Balaban J connectivity index is 2.65. The van der Waals surface area contributed by atoms with Gasteiger partial charge in [-0.3, -0.25) is 9.59 Å². The first-order valence-electron chi connectivity index (χ1n) is 4.77. The summed E-state index contributed by atoms with van der Waals surface area (Å²) in [5, 5.41) is 12.6. The number of halogens is 1. The highest BCUT2D eigenvalue weighted by molar-refractivity contribution is 6.39. The number of aryl methyl sites for hydroxylation is 1. The van der Waals surface area contributed by atoms with Crippen molar-refractivity contribution in [2.45, 2.75) is 6.92 Å². The summed E-state index contributed by atoms with van der Waals surface area (Å²) in [5.41, 5.74) is 0.682. The van der Waals surface area contributed by atoms with E-state index in [0.29, 0.717) is 11.3 Å². The normalized spacial score (nSPS) is 9.24. The Hall–Kier alpha value is -2.42. The Kier molecular flexibility index (Phi) is 4.17. The molecule has 0 spiro atoms. The third-order valence-corrected chi connectivity index (χ3v) is 1.95. The van der Waals surface area contributed by atoms with Gasteiger partial charge < -0.3 is 10.6 Å². The molecule has 2 amide bonds. The monoisotopic (exact) mass is 235 g/mol. The Bertz CT molecular complexity index is 494. The zero-order valence-corrected chi connectivity index (χ0v) is 9.08. The zero-order valence-electron chi connectivity index (χ0n) is 9.08. The zero-order chi connectivity index (χ0) is 12.8. The third kappa shape index (κ3) is 3.57. The second kappa shape index (κ2) is 5.61. The number of benzene rings is 1. The van der Waals surface area contributed by atoms with Crippen molar-refractivity contribution in [2.24, 2.45) is 0 Å². The summed E-state index contributed by atoms with van der Waals surface area (Å²) in [7, 11) is 0. The van der Waals surface area contributed by atoms with Crippen LogP contribution in [0.5, 0.6) is 0 Å². The predicted molar refractivity (Wildman–Crippen MR) is 58.4 cm³/mol. The van der Waals surface area contributed by atoms with Gasteiger partial charge in [-0.1, -0.05) is 0 Å². The number of nitrogens with zero attached hydrogens (tertiary/aromatic N) is 1. The van der Waals surface area contributed by atoms with Crippen LogP contribution < -0.4 is 10.6 Å². The molecule has 0 bridgehead atoms. The van der Waals surface area contributed by atoms with Gasteiger partial charge in [-0.25, -0.2) is 4.39 Å². The highest BCUT2D eigenvalue weighted by Gasteiger charge is 2.13. The lowest BCUT2D eigenvalue weighted by atomic mass is 10.2. The molecule has 1 rings (SSSR count). The number of anilines is 1. The minimum atomic E-state index is -0.909. The molecule has 1 aromatic rings. The first-order valence-corrected chi connectivity index (χ1v) is 4.77. The summed E-state index contributed by atoms with van der Waals surface area (Å²) in [6, 6.07) is 5.62. The first-order chi connectivity index (χ1) is 8.04. The van der Waals surface area contributed by atoms with Crippen molar-refractivity contribution < 1.29 is 14.0 Å². The molecule has 0 saturated heterocycles. The van der Waals surface area contributed by atoms with Gasteiger partial charge in [-0.15, -0.1) is 0 Å². The summed E-state index contributed by atoms with van der Waals surface area (Å²) in [6.07, 6.45) is 0. The van der Waals surface area contributed by atoms with Crippen LogP contribution in [-0.4, -0.2) is 18.4 Å². The molecular formula is C11H10FN3O2. The number of rotatable bonds is 2. The number of hydrogen-bond acceptors (Lipinski definition) is 3. The molecule has 1 aromatic carbocycles. The summed E-state index contributed by atoms with van der Waals surface area (Å²) >= 11 is 0. The lowest BCUT2D eigenvalue weighted by molar-refractivity contribution is -0.136. The van der Waals surface area contributed by atoms with E-state index < -0.39 is 17.6 Å². The van der Waals surface area contributed by atoms with Crippen LogP contribution in [0.15, 0.2) is 18.2 Å². The topological polar surface area (TPSA) is 82.0 Å². The van der Waals surface area contributed by atoms with Gasteiger partial charge in [0, 0.05) is 5.69 Å². The first kappa shape index (κ1) is 12.6. The molecule has 2 N–H and O–H groups in total. The van der Waals surface area contributed by atoms with Crippen LogP contribution in [-0.2, 0) is 9.59 Å². The SMILES string of the molecule is Cc1cc(NC(=O)C(=O)NCC#N)ccc1F. The van der Waals surface area contributed by atoms with Gasteiger partial charge in [0.25, 0.3) is 0 Å². The average Bonchev–Trinajstić information content (AvgIpc) is 2.30. The Morgan fingerprint density at radius 3 is 2.71 bits per heavy atom. The van der Waals surface area contributed by atoms with E-state index in [4.69, 9.17) is 5.26 Å². The number of carbonyl (C=O) groups is 2. The lowest BCUT2D eigenvalue weighted by Gasteiger charge is -2.05. The predicted octanol–water partition coefficient (Wildman–Crippen LogP) is 0.712. The summed E-state index contributed by atoms with van der Waals surface area (Å²) in [4.78, 5) is 22.4. The minimum absolute atomic E-state index is 0.241. The maximum Gasteiger partial charge on any atom is 0.313 e. The van der Waals surface area contributed by atoms with Crippen molar-refractivity contribution in [3.05, 3.63) is 29.6 Å². The molecule has 0 saturated carbocycles. The van der Waals surface area contributed by atoms with Gasteiger partial charge in [0.2, 0.25) is 0 Å². The smallest absolute Gasteiger partial charge is 0.313 e. The van der Waals surface area contributed by atoms with Crippen molar-refractivity contribution in [1.82, 2.24) is 5.32 Å². The molecule has 0 heterocycles. The van der Waals surface area contributed by atoms with Crippen LogP contribution in [0.4, 0.5) is 10.1 Å². The molecule has 6 heteroatoms. The molecule has 0 aliphatic heterocycles. The number of nitriles is 1. The average molecular weight is 235 g/mol.